The summed E-state index contributed by atoms with van der Waals surface area (Å²) in [6, 6.07) is 21.2. The minimum Gasteiger partial charge on any atom is -0.490 e. The highest BCUT2D eigenvalue weighted by atomic mass is 32.2. The zero-order valence-corrected chi connectivity index (χ0v) is 22.2. The predicted octanol–water partition coefficient (Wildman–Crippen LogP) is 5.60. The summed E-state index contributed by atoms with van der Waals surface area (Å²) >= 11 is 0. The summed E-state index contributed by atoms with van der Waals surface area (Å²) in [6.45, 7) is 0.703. The van der Waals surface area contributed by atoms with Crippen molar-refractivity contribution in [2.75, 3.05) is 16.8 Å². The van der Waals surface area contributed by atoms with E-state index < -0.39 is 15.8 Å². The highest BCUT2D eigenvalue weighted by molar-refractivity contribution is 7.91. The molecular formula is C31H33NO5S. The van der Waals surface area contributed by atoms with E-state index in [1.807, 2.05) is 30.3 Å². The van der Waals surface area contributed by atoms with E-state index >= 15 is 0 Å². The Balaban J connectivity index is 1.14. The van der Waals surface area contributed by atoms with Crippen molar-refractivity contribution < 1.29 is 23.1 Å². The number of nitrogens with one attached hydrogen (secondary N) is 1. The van der Waals surface area contributed by atoms with E-state index in [0.717, 1.165) is 42.7 Å². The molecule has 3 aromatic carbocycles. The molecule has 0 amide bonds. The van der Waals surface area contributed by atoms with Gasteiger partial charge in [-0.25, -0.2) is 8.42 Å². The van der Waals surface area contributed by atoms with Gasteiger partial charge in [0.2, 0.25) is 0 Å². The van der Waals surface area contributed by atoms with E-state index in [4.69, 9.17) is 4.74 Å². The van der Waals surface area contributed by atoms with Crippen LogP contribution in [0.1, 0.15) is 53.9 Å². The summed E-state index contributed by atoms with van der Waals surface area (Å²) in [5.41, 5.74) is 8.49. The summed E-state index contributed by atoms with van der Waals surface area (Å²) in [4.78, 5) is 11.2. The molecule has 6 rings (SSSR count). The van der Waals surface area contributed by atoms with Gasteiger partial charge in [-0.15, -0.1) is 0 Å². The number of anilines is 1. The molecule has 6 nitrogen and oxygen atoms in total. The van der Waals surface area contributed by atoms with Crippen molar-refractivity contribution in [1.29, 1.82) is 0 Å². The van der Waals surface area contributed by atoms with Crippen LogP contribution in [-0.2, 0) is 34.0 Å². The fourth-order valence-corrected chi connectivity index (χ4v) is 7.30. The summed E-state index contributed by atoms with van der Waals surface area (Å²) < 4.78 is 29.7. The maximum absolute atomic E-state index is 11.7. The number of carbonyl (C=O) groups is 1. The Kier molecular flexibility index (Phi) is 6.64. The number of rotatable bonds is 7. The largest absolute Gasteiger partial charge is 0.490 e. The average Bonchev–Trinajstić information content (AvgIpc) is 3.73. The predicted molar refractivity (Wildman–Crippen MR) is 148 cm³/mol. The van der Waals surface area contributed by atoms with Gasteiger partial charge < -0.3 is 15.2 Å². The maximum Gasteiger partial charge on any atom is 0.307 e. The van der Waals surface area contributed by atoms with E-state index in [9.17, 15) is 18.3 Å². The van der Waals surface area contributed by atoms with Crippen LogP contribution in [-0.4, -0.2) is 37.1 Å². The van der Waals surface area contributed by atoms with Crippen LogP contribution in [0.15, 0.2) is 60.7 Å². The van der Waals surface area contributed by atoms with Gasteiger partial charge >= 0.3 is 5.97 Å². The Morgan fingerprint density at radius 1 is 0.921 bits per heavy atom. The number of aryl methyl sites for hydroxylation is 2. The third-order valence-electron chi connectivity index (χ3n) is 8.18. The van der Waals surface area contributed by atoms with Crippen molar-refractivity contribution in [3.63, 3.8) is 0 Å². The second-order valence-electron chi connectivity index (χ2n) is 10.9. The number of hydrogen-bond acceptors (Lipinski definition) is 5. The van der Waals surface area contributed by atoms with E-state index in [2.05, 4.69) is 35.6 Å². The first-order valence-corrected chi connectivity index (χ1v) is 15.4. The molecule has 198 valence electrons. The molecule has 2 fully saturated rings. The van der Waals surface area contributed by atoms with Crippen molar-refractivity contribution in [2.24, 2.45) is 5.92 Å². The van der Waals surface area contributed by atoms with Gasteiger partial charge in [0.25, 0.3) is 0 Å². The first kappa shape index (κ1) is 25.0. The van der Waals surface area contributed by atoms with Gasteiger partial charge in [-0.2, -0.15) is 0 Å². The Morgan fingerprint density at radius 2 is 1.68 bits per heavy atom. The van der Waals surface area contributed by atoms with Crippen LogP contribution in [0.2, 0.25) is 0 Å². The molecule has 7 heteroatoms. The molecule has 1 saturated carbocycles. The molecule has 38 heavy (non-hydrogen) atoms. The van der Waals surface area contributed by atoms with Crippen molar-refractivity contribution in [1.82, 2.24) is 0 Å². The minimum absolute atomic E-state index is 0.0377. The number of carboxylic acid groups (broad SMARTS) is 1. The number of benzene rings is 3. The van der Waals surface area contributed by atoms with Gasteiger partial charge in [-0.1, -0.05) is 30.3 Å². The van der Waals surface area contributed by atoms with Crippen LogP contribution in [0.4, 0.5) is 5.69 Å². The number of hydrogen-bond donors (Lipinski definition) is 2. The molecule has 2 N–H and O–H groups in total. The number of aliphatic carboxylic acids is 1. The summed E-state index contributed by atoms with van der Waals surface area (Å²) in [7, 11) is -2.90. The summed E-state index contributed by atoms with van der Waals surface area (Å²) in [5, 5.41) is 12.7. The van der Waals surface area contributed by atoms with Gasteiger partial charge in [-0.3, -0.25) is 4.79 Å². The first-order valence-electron chi connectivity index (χ1n) is 13.5. The van der Waals surface area contributed by atoms with Crippen LogP contribution >= 0.6 is 0 Å². The number of ether oxygens (including phenoxy) is 1. The van der Waals surface area contributed by atoms with E-state index in [0.29, 0.717) is 19.4 Å². The van der Waals surface area contributed by atoms with Gasteiger partial charge in [-0.05, 0) is 108 Å². The molecule has 0 bridgehead atoms. The molecule has 0 aromatic heterocycles. The maximum atomic E-state index is 11.7. The quantitative estimate of drug-likeness (QED) is 0.412. The zero-order valence-electron chi connectivity index (χ0n) is 21.4. The Labute approximate surface area is 224 Å². The lowest BCUT2D eigenvalue weighted by Crippen LogP contribution is -2.30. The Bertz CT molecular complexity index is 1450. The third kappa shape index (κ3) is 5.44. The van der Waals surface area contributed by atoms with Gasteiger partial charge in [0.15, 0.2) is 9.84 Å². The van der Waals surface area contributed by atoms with Crippen LogP contribution in [0, 0.1) is 5.92 Å². The van der Waals surface area contributed by atoms with Crippen molar-refractivity contribution in [3.05, 3.63) is 82.9 Å². The number of sulfone groups is 1. The van der Waals surface area contributed by atoms with Crippen LogP contribution in [0.5, 0.6) is 5.75 Å². The molecule has 3 aliphatic rings. The molecule has 0 spiro atoms. The molecule has 1 saturated heterocycles. The van der Waals surface area contributed by atoms with Gasteiger partial charge in [0, 0.05) is 12.2 Å². The van der Waals surface area contributed by atoms with E-state index in [1.165, 1.54) is 27.8 Å². The van der Waals surface area contributed by atoms with Crippen LogP contribution in [0.25, 0.3) is 11.1 Å². The number of fused-ring (bicyclic) bond motifs is 3. The zero-order chi connectivity index (χ0) is 26.3. The van der Waals surface area contributed by atoms with Crippen LogP contribution in [0.3, 0.4) is 0 Å². The molecular weight excluding hydrogens is 498 g/mol. The highest BCUT2D eigenvalue weighted by Crippen LogP contribution is 2.47. The van der Waals surface area contributed by atoms with Gasteiger partial charge in [0.1, 0.15) is 11.9 Å². The molecule has 0 radical (unpaired) electrons. The van der Waals surface area contributed by atoms with Crippen molar-refractivity contribution in [3.8, 4) is 16.9 Å². The summed E-state index contributed by atoms with van der Waals surface area (Å²) in [5.74, 6) is 0.470. The van der Waals surface area contributed by atoms with E-state index in [-0.39, 0.29) is 29.4 Å². The second-order valence-corrected chi connectivity index (χ2v) is 13.2. The molecule has 1 heterocycles. The molecule has 2 aliphatic carbocycles. The molecule has 1 aliphatic heterocycles. The molecule has 2 atom stereocenters. The lowest BCUT2D eigenvalue weighted by Gasteiger charge is -2.24. The Morgan fingerprint density at radius 3 is 2.42 bits per heavy atom. The normalized spacial score (nSPS) is 22.0. The topological polar surface area (TPSA) is 92.7 Å². The van der Waals surface area contributed by atoms with Crippen molar-refractivity contribution >= 4 is 21.5 Å². The first-order chi connectivity index (χ1) is 18.3. The lowest BCUT2D eigenvalue weighted by atomic mass is 9.94. The van der Waals surface area contributed by atoms with E-state index in [1.54, 1.807) is 0 Å². The SMILES string of the molecule is O=C(O)[C@H]1C[C@@H]1c1ccc(NCc2ccc3c(c2)-c2ccc(OC4CCS(=O)(=O)CC4)cc2CCC3)cc1. The second kappa shape index (κ2) is 10.1. The van der Waals surface area contributed by atoms with Gasteiger partial charge in [0.05, 0.1) is 17.4 Å². The smallest absolute Gasteiger partial charge is 0.307 e. The van der Waals surface area contributed by atoms with Crippen molar-refractivity contribution in [2.45, 2.75) is 57.1 Å². The fraction of sp³-hybridized carbons (Fsp3) is 0.387. The summed E-state index contributed by atoms with van der Waals surface area (Å²) in [6.07, 6.45) is 4.92. The standard InChI is InChI=1S/C31H33NO5S/c33-31(34)30-18-29(30)22-6-8-24(9-7-22)32-19-20-4-5-21-2-1-3-23-17-26(10-11-27(23)28(21)16-20)37-25-12-14-38(35,36)15-13-25/h4-11,16-17,25,29-30,32H,1-3,12-15,18-19H2,(H,33,34)/t29-,30+/m1/s1. The number of carboxylic acids is 1. The lowest BCUT2D eigenvalue weighted by molar-refractivity contribution is -0.138. The third-order valence-corrected chi connectivity index (χ3v) is 9.90. The Hall–Kier alpha value is -3.32. The monoisotopic (exact) mass is 531 g/mol. The van der Waals surface area contributed by atoms with Crippen LogP contribution < -0.4 is 10.1 Å². The fourth-order valence-electron chi connectivity index (χ4n) is 5.85. The average molecular weight is 532 g/mol. The molecule has 0 unspecified atom stereocenters. The highest BCUT2D eigenvalue weighted by Gasteiger charge is 2.44. The minimum atomic E-state index is -2.90. The molecule has 3 aromatic rings.